The van der Waals surface area contributed by atoms with Gasteiger partial charge in [0, 0.05) is 0 Å². The number of rotatable bonds is 1. The van der Waals surface area contributed by atoms with Gasteiger partial charge in [0.1, 0.15) is 5.69 Å². The van der Waals surface area contributed by atoms with Crippen molar-refractivity contribution in [2.75, 3.05) is 6.26 Å². The maximum Gasteiger partial charge on any atom is 0.419 e. The highest BCUT2D eigenvalue weighted by atomic mass is 35.5. The second-order valence-electron chi connectivity index (χ2n) is 3.24. The monoisotopic (exact) mass is 329 g/mol. The van der Waals surface area contributed by atoms with Crippen molar-refractivity contribution in [3.63, 3.8) is 0 Å². The van der Waals surface area contributed by atoms with E-state index in [4.69, 9.17) is 16.9 Å². The molecule has 0 saturated carbocycles. The molecule has 1 rings (SSSR count). The summed E-state index contributed by atoms with van der Waals surface area (Å²) in [6.45, 7) is 0. The first-order valence-electron chi connectivity index (χ1n) is 4.74. The summed E-state index contributed by atoms with van der Waals surface area (Å²) in [5.74, 6) is -3.94. The zero-order valence-electron chi connectivity index (χ0n) is 9.65. The zero-order valence-corrected chi connectivity index (χ0v) is 11.2. The Hall–Kier alpha value is -1.53. The van der Waals surface area contributed by atoms with Crippen LogP contribution in [0.1, 0.15) is 5.56 Å². The molecule has 0 aromatic heterocycles. The van der Waals surface area contributed by atoms with E-state index in [-0.39, 0.29) is 11.2 Å². The molecule has 3 nitrogen and oxygen atoms in total. The van der Waals surface area contributed by atoms with Gasteiger partial charge in [0.05, 0.1) is 10.6 Å². The highest BCUT2D eigenvalue weighted by molar-refractivity contribution is 8.13. The van der Waals surface area contributed by atoms with Gasteiger partial charge in [-0.05, 0) is 12.3 Å². The maximum atomic E-state index is 13.6. The molecular formula is C10H5ClF5N3S. The van der Waals surface area contributed by atoms with Crippen LogP contribution in [0.4, 0.5) is 27.6 Å². The van der Waals surface area contributed by atoms with Crippen molar-refractivity contribution < 1.29 is 22.0 Å². The molecule has 0 atom stereocenters. The molecule has 0 bridgehead atoms. The fraction of sp³-hybridized carbons (Fsp3) is 0.200. The summed E-state index contributed by atoms with van der Waals surface area (Å²) >= 11 is 6.35. The van der Waals surface area contributed by atoms with Crippen molar-refractivity contribution >= 4 is 34.2 Å². The van der Waals surface area contributed by atoms with Gasteiger partial charge >= 0.3 is 6.18 Å². The number of nitriles is 1. The second kappa shape index (κ2) is 6.28. The highest BCUT2D eigenvalue weighted by Crippen LogP contribution is 2.39. The number of nitrogens with zero attached hydrogens (tertiary/aromatic N) is 2. The Labute approximate surface area is 119 Å². The molecule has 0 spiro atoms. The predicted octanol–water partition coefficient (Wildman–Crippen LogP) is 4.06. The normalized spacial score (nSPS) is 12.2. The standard InChI is InChI=1S/C10H5ClF5N3S/c1-20-9(18-3-17)19-8-5(11)2-4(10(14,15)16)6(12)7(8)13/h2H,1H3,(H,18,19). The van der Waals surface area contributed by atoms with Gasteiger partial charge in [-0.15, -0.1) is 0 Å². The molecule has 0 heterocycles. The Kier molecular flexibility index (Phi) is 5.19. The molecule has 0 saturated heterocycles. The molecule has 1 aromatic rings. The first-order valence-corrected chi connectivity index (χ1v) is 6.35. The molecule has 20 heavy (non-hydrogen) atoms. The predicted molar refractivity (Wildman–Crippen MR) is 65.7 cm³/mol. The number of aliphatic imine (C=N–C) groups is 1. The first kappa shape index (κ1) is 16.5. The Morgan fingerprint density at radius 2 is 2.00 bits per heavy atom. The van der Waals surface area contributed by atoms with Gasteiger partial charge in [-0.2, -0.15) is 18.4 Å². The Balaban J connectivity index is 3.46. The van der Waals surface area contributed by atoms with Crippen LogP contribution >= 0.6 is 23.4 Å². The molecule has 0 amide bonds. The third kappa shape index (κ3) is 3.52. The van der Waals surface area contributed by atoms with E-state index in [1.807, 2.05) is 5.32 Å². The molecule has 0 radical (unpaired) electrons. The van der Waals surface area contributed by atoms with E-state index in [1.54, 1.807) is 0 Å². The van der Waals surface area contributed by atoms with Gasteiger partial charge in [-0.3, -0.25) is 5.32 Å². The summed E-state index contributed by atoms with van der Waals surface area (Å²) in [4.78, 5) is 3.48. The quantitative estimate of drug-likeness (QED) is 0.211. The molecule has 0 fully saturated rings. The van der Waals surface area contributed by atoms with Gasteiger partial charge < -0.3 is 0 Å². The second-order valence-corrected chi connectivity index (χ2v) is 4.44. The average Bonchev–Trinajstić information content (AvgIpc) is 2.36. The number of thioether (sulfide) groups is 1. The van der Waals surface area contributed by atoms with E-state index in [1.165, 1.54) is 12.4 Å². The minimum Gasteiger partial charge on any atom is -0.271 e. The summed E-state index contributed by atoms with van der Waals surface area (Å²) in [6.07, 6.45) is -2.12. The summed E-state index contributed by atoms with van der Waals surface area (Å²) in [7, 11) is 0. The molecular weight excluding hydrogens is 325 g/mol. The van der Waals surface area contributed by atoms with Crippen molar-refractivity contribution in [3.05, 3.63) is 28.3 Å². The van der Waals surface area contributed by atoms with Gasteiger partial charge in [0.2, 0.25) is 0 Å². The molecule has 108 valence electrons. The lowest BCUT2D eigenvalue weighted by Gasteiger charge is -2.11. The summed E-state index contributed by atoms with van der Waals surface area (Å²) in [5.41, 5.74) is -2.64. The Bertz CT molecular complexity index is 594. The van der Waals surface area contributed by atoms with Gasteiger partial charge in [0.15, 0.2) is 23.0 Å². The largest absolute Gasteiger partial charge is 0.419 e. The number of halogens is 6. The molecule has 0 unspecified atom stereocenters. The van der Waals surface area contributed by atoms with Crippen molar-refractivity contribution in [1.29, 1.82) is 5.26 Å². The van der Waals surface area contributed by atoms with Crippen LogP contribution in [0.5, 0.6) is 0 Å². The van der Waals surface area contributed by atoms with E-state index in [0.29, 0.717) is 0 Å². The minimum absolute atomic E-state index is 0.146. The van der Waals surface area contributed by atoms with E-state index >= 15 is 0 Å². The average molecular weight is 330 g/mol. The molecule has 1 aromatic carbocycles. The van der Waals surface area contributed by atoms with Crippen LogP contribution < -0.4 is 5.32 Å². The number of nitrogens with one attached hydrogen (secondary N) is 1. The zero-order chi connectivity index (χ0) is 15.5. The topological polar surface area (TPSA) is 48.2 Å². The van der Waals surface area contributed by atoms with Crippen LogP contribution in [0.3, 0.4) is 0 Å². The smallest absolute Gasteiger partial charge is 0.271 e. The summed E-state index contributed by atoms with van der Waals surface area (Å²) in [6, 6.07) is 0.239. The highest BCUT2D eigenvalue weighted by Gasteiger charge is 2.37. The molecule has 0 aliphatic carbocycles. The third-order valence-corrected chi connectivity index (χ3v) is 2.88. The lowest BCUT2D eigenvalue weighted by molar-refractivity contribution is -0.140. The van der Waals surface area contributed by atoms with Crippen LogP contribution in [-0.4, -0.2) is 11.4 Å². The van der Waals surface area contributed by atoms with Gasteiger partial charge in [-0.1, -0.05) is 23.4 Å². The molecule has 10 heteroatoms. The van der Waals surface area contributed by atoms with Crippen LogP contribution in [-0.2, 0) is 6.18 Å². The van der Waals surface area contributed by atoms with E-state index < -0.39 is 34.1 Å². The Morgan fingerprint density at radius 1 is 1.40 bits per heavy atom. The van der Waals surface area contributed by atoms with Crippen LogP contribution in [0.25, 0.3) is 0 Å². The van der Waals surface area contributed by atoms with Crippen LogP contribution in [0.2, 0.25) is 5.02 Å². The van der Waals surface area contributed by atoms with Crippen molar-refractivity contribution in [3.8, 4) is 6.19 Å². The van der Waals surface area contributed by atoms with Gasteiger partial charge in [0.25, 0.3) is 0 Å². The maximum absolute atomic E-state index is 13.6. The van der Waals surface area contributed by atoms with Crippen LogP contribution in [0.15, 0.2) is 11.1 Å². The first-order chi connectivity index (χ1) is 9.22. The molecule has 0 aliphatic rings. The summed E-state index contributed by atoms with van der Waals surface area (Å²) < 4.78 is 64.3. The SMILES string of the molecule is CSC(=Nc1c(Cl)cc(C(F)(F)F)c(F)c1F)NC#N. The lowest BCUT2D eigenvalue weighted by atomic mass is 10.1. The third-order valence-electron chi connectivity index (χ3n) is 2.01. The number of hydrogen-bond acceptors (Lipinski definition) is 3. The number of amidine groups is 1. The fourth-order valence-corrected chi connectivity index (χ4v) is 1.73. The molecule has 1 N–H and O–H groups in total. The van der Waals surface area contributed by atoms with E-state index in [0.717, 1.165) is 11.8 Å². The lowest BCUT2D eigenvalue weighted by Crippen LogP contribution is -2.13. The number of benzene rings is 1. The fourth-order valence-electron chi connectivity index (χ4n) is 1.17. The van der Waals surface area contributed by atoms with Crippen molar-refractivity contribution in [1.82, 2.24) is 5.32 Å². The summed E-state index contributed by atoms with van der Waals surface area (Å²) in [5, 5.41) is 9.57. The molecule has 0 aliphatic heterocycles. The van der Waals surface area contributed by atoms with E-state index in [2.05, 4.69) is 4.99 Å². The van der Waals surface area contributed by atoms with Crippen LogP contribution in [0, 0.1) is 23.1 Å². The van der Waals surface area contributed by atoms with Gasteiger partial charge in [-0.25, -0.2) is 13.8 Å². The van der Waals surface area contributed by atoms with Crippen molar-refractivity contribution in [2.45, 2.75) is 6.18 Å². The number of hydrogen-bond donors (Lipinski definition) is 1. The van der Waals surface area contributed by atoms with E-state index in [9.17, 15) is 22.0 Å². The van der Waals surface area contributed by atoms with Crippen molar-refractivity contribution in [2.24, 2.45) is 4.99 Å². The number of alkyl halides is 3. The Morgan fingerprint density at radius 3 is 2.45 bits per heavy atom. The minimum atomic E-state index is -5.08.